The van der Waals surface area contributed by atoms with Gasteiger partial charge in [-0.05, 0) is 75.1 Å². The Bertz CT molecular complexity index is 1360. The number of nitrogens with zero attached hydrogens (tertiary/aromatic N) is 2. The van der Waals surface area contributed by atoms with E-state index in [2.05, 4.69) is 57.5 Å². The first-order valence-electron chi connectivity index (χ1n) is 16.9. The van der Waals surface area contributed by atoms with E-state index in [0.29, 0.717) is 6.42 Å². The fourth-order valence-corrected chi connectivity index (χ4v) is 8.00. The first kappa shape index (κ1) is 40.4. The molecule has 0 radical (unpaired) electrons. The zero-order valence-corrected chi connectivity index (χ0v) is 31.7. The molecule has 0 aliphatic heterocycles. The zero-order chi connectivity index (χ0) is 36.0. The van der Waals surface area contributed by atoms with E-state index in [1.165, 1.54) is 0 Å². The molecule has 0 fully saturated rings. The maximum absolute atomic E-state index is 9.29. The van der Waals surface area contributed by atoms with Crippen LogP contribution in [0.5, 0.6) is 11.5 Å². The molecule has 4 atom stereocenters. The highest BCUT2D eigenvalue weighted by Gasteiger charge is 2.48. The second-order valence-electron chi connectivity index (χ2n) is 12.4. The summed E-state index contributed by atoms with van der Waals surface area (Å²) in [5.41, 5.74) is 0.728. The van der Waals surface area contributed by atoms with Crippen LogP contribution < -0.4 is 9.47 Å². The van der Waals surface area contributed by atoms with Crippen molar-refractivity contribution in [1.29, 1.82) is 5.26 Å². The SMILES string of the molecule is B[C@H](OC)[C@H](OP(OCCC#N)N(C(C)C)C(C)C)[C@@](CC)(COC(c1ccccc1)(c1ccc(OC)cc1)c1ccc(OC)cc1)OC. The van der Waals surface area contributed by atoms with Gasteiger partial charge < -0.3 is 32.7 Å². The normalized spacial score (nSPS) is 15.1. The van der Waals surface area contributed by atoms with Crippen LogP contribution in [0, 0.1) is 11.3 Å². The van der Waals surface area contributed by atoms with Crippen LogP contribution in [0.4, 0.5) is 0 Å². The van der Waals surface area contributed by atoms with E-state index in [0.717, 1.165) is 28.2 Å². The monoisotopic (exact) mass is 692 g/mol. The van der Waals surface area contributed by atoms with Gasteiger partial charge in [0.1, 0.15) is 36.7 Å². The topological polar surface area (TPSA) is 91.6 Å². The summed E-state index contributed by atoms with van der Waals surface area (Å²) in [7, 11) is 7.04. The third-order valence-electron chi connectivity index (χ3n) is 8.89. The molecule has 0 spiro atoms. The van der Waals surface area contributed by atoms with E-state index in [4.69, 9.17) is 32.7 Å². The second kappa shape index (κ2) is 19.4. The fraction of sp³-hybridized carbons (Fsp3) is 0.500. The minimum Gasteiger partial charge on any atom is -0.497 e. The van der Waals surface area contributed by atoms with E-state index < -0.39 is 31.8 Å². The second-order valence-corrected chi connectivity index (χ2v) is 13.8. The number of benzene rings is 3. The van der Waals surface area contributed by atoms with Gasteiger partial charge in [0.15, 0.2) is 0 Å². The number of ether oxygens (including phenoxy) is 5. The minimum atomic E-state index is -1.61. The van der Waals surface area contributed by atoms with Crippen LogP contribution in [-0.4, -0.2) is 84.0 Å². The zero-order valence-electron chi connectivity index (χ0n) is 30.8. The molecule has 0 saturated heterocycles. The van der Waals surface area contributed by atoms with Crippen molar-refractivity contribution < 1.29 is 32.7 Å². The summed E-state index contributed by atoms with van der Waals surface area (Å²) in [6.07, 6.45) is 0.190. The van der Waals surface area contributed by atoms with Gasteiger partial charge in [-0.2, -0.15) is 5.26 Å². The Morgan fingerprint density at radius 1 is 0.796 bits per heavy atom. The maximum atomic E-state index is 9.29. The Hall–Kier alpha value is -3.00. The molecule has 0 heterocycles. The Morgan fingerprint density at radius 2 is 1.31 bits per heavy atom. The highest BCUT2D eigenvalue weighted by Crippen LogP contribution is 2.50. The predicted octanol–water partition coefficient (Wildman–Crippen LogP) is 7.07. The molecule has 1 unspecified atom stereocenters. The maximum Gasteiger partial charge on any atom is 0.259 e. The van der Waals surface area contributed by atoms with Gasteiger partial charge in [0.2, 0.25) is 0 Å². The lowest BCUT2D eigenvalue weighted by atomic mass is 9.78. The first-order valence-corrected chi connectivity index (χ1v) is 18.0. The van der Waals surface area contributed by atoms with Crippen LogP contribution in [0.15, 0.2) is 78.9 Å². The highest BCUT2D eigenvalue weighted by atomic mass is 31.2. The summed E-state index contributed by atoms with van der Waals surface area (Å²) in [5, 5.41) is 9.29. The molecule has 0 aromatic heterocycles. The van der Waals surface area contributed by atoms with Gasteiger partial charge in [-0.1, -0.05) is 61.5 Å². The van der Waals surface area contributed by atoms with Crippen molar-refractivity contribution in [1.82, 2.24) is 4.67 Å². The summed E-state index contributed by atoms with van der Waals surface area (Å²) in [6.45, 7) is 10.9. The lowest BCUT2D eigenvalue weighted by Crippen LogP contribution is -2.56. The standard InChI is InChI=1S/C38H54BN2O7P/c1-10-37(45-9,35(36(39)44-8)48-49(47-26-14-25-40)41(28(2)3)29(4)5)27-46-38(30-15-12-11-13-16-30,31-17-21-33(42-6)22-18-31)32-19-23-34(43-7)24-20-32/h11-13,15-24,28-29,35-36H,10,14,26-27,39H2,1-9H3/t35-,36+,37+,49?/m0/s1. The Kier molecular flexibility index (Phi) is 16.0. The van der Waals surface area contributed by atoms with Crippen LogP contribution in [0.1, 0.15) is 64.2 Å². The molecule has 0 N–H and O–H groups in total. The molecular weight excluding hydrogens is 638 g/mol. The number of methoxy groups -OCH3 is 4. The van der Waals surface area contributed by atoms with Crippen LogP contribution in [0.2, 0.25) is 0 Å². The smallest absolute Gasteiger partial charge is 0.259 e. The summed E-state index contributed by atoms with van der Waals surface area (Å²) in [4.78, 5) is 0. The van der Waals surface area contributed by atoms with Crippen molar-refractivity contribution in [2.75, 3.05) is 41.7 Å². The molecule has 266 valence electrons. The molecule has 49 heavy (non-hydrogen) atoms. The van der Waals surface area contributed by atoms with Crippen LogP contribution >= 0.6 is 8.53 Å². The molecule has 11 heteroatoms. The Balaban J connectivity index is 2.22. The summed E-state index contributed by atoms with van der Waals surface area (Å²) >= 11 is 0. The summed E-state index contributed by atoms with van der Waals surface area (Å²) < 4.78 is 46.5. The molecule has 0 saturated carbocycles. The number of nitriles is 1. The average molecular weight is 693 g/mol. The minimum absolute atomic E-state index is 0.123. The lowest BCUT2D eigenvalue weighted by molar-refractivity contribution is -0.175. The summed E-state index contributed by atoms with van der Waals surface area (Å²) in [6, 6.07) is 28.1. The van der Waals surface area contributed by atoms with E-state index in [9.17, 15) is 5.26 Å². The lowest BCUT2D eigenvalue weighted by Gasteiger charge is -2.46. The van der Waals surface area contributed by atoms with E-state index >= 15 is 0 Å². The van der Waals surface area contributed by atoms with Crippen molar-refractivity contribution in [3.8, 4) is 17.6 Å². The molecule has 3 aromatic carbocycles. The van der Waals surface area contributed by atoms with Crippen LogP contribution in [0.25, 0.3) is 0 Å². The molecule has 3 aromatic rings. The molecular formula is C38H54BN2O7P. The van der Waals surface area contributed by atoms with Crippen molar-refractivity contribution in [2.24, 2.45) is 0 Å². The van der Waals surface area contributed by atoms with Gasteiger partial charge >= 0.3 is 0 Å². The number of rotatable bonds is 21. The van der Waals surface area contributed by atoms with Crippen LogP contribution in [0.3, 0.4) is 0 Å². The summed E-state index contributed by atoms with van der Waals surface area (Å²) in [5.74, 6) is 1.49. The Morgan fingerprint density at radius 3 is 1.71 bits per heavy atom. The molecule has 0 aliphatic rings. The number of hydrogen-bond donors (Lipinski definition) is 0. The molecule has 0 aliphatic carbocycles. The van der Waals surface area contributed by atoms with E-state index in [-0.39, 0.29) is 31.7 Å². The largest absolute Gasteiger partial charge is 0.497 e. The van der Waals surface area contributed by atoms with Crippen molar-refractivity contribution >= 4 is 16.4 Å². The average Bonchev–Trinajstić information content (AvgIpc) is 3.13. The molecule has 0 bridgehead atoms. The first-order chi connectivity index (χ1) is 23.6. The van der Waals surface area contributed by atoms with Crippen molar-refractivity contribution in [3.05, 3.63) is 95.6 Å². The van der Waals surface area contributed by atoms with Gasteiger partial charge in [0.25, 0.3) is 8.53 Å². The third kappa shape index (κ3) is 9.62. The highest BCUT2D eigenvalue weighted by molar-refractivity contribution is 7.44. The van der Waals surface area contributed by atoms with Crippen molar-refractivity contribution in [2.45, 2.75) is 82.9 Å². The third-order valence-corrected chi connectivity index (χ3v) is 11.0. The van der Waals surface area contributed by atoms with E-state index in [1.807, 2.05) is 74.6 Å². The molecule has 3 rings (SSSR count). The number of hydrogen-bond acceptors (Lipinski definition) is 9. The predicted molar refractivity (Wildman–Crippen MR) is 198 cm³/mol. The van der Waals surface area contributed by atoms with Gasteiger partial charge in [0.05, 0.1) is 45.9 Å². The quantitative estimate of drug-likeness (QED) is 0.0503. The molecule has 0 amide bonds. The van der Waals surface area contributed by atoms with Gasteiger partial charge in [-0.3, -0.25) is 0 Å². The van der Waals surface area contributed by atoms with Crippen LogP contribution in [-0.2, 0) is 28.9 Å². The van der Waals surface area contributed by atoms with Crippen molar-refractivity contribution in [3.63, 3.8) is 0 Å². The van der Waals surface area contributed by atoms with Gasteiger partial charge in [-0.15, -0.1) is 0 Å². The molecule has 9 nitrogen and oxygen atoms in total. The van der Waals surface area contributed by atoms with E-state index in [1.54, 1.807) is 28.4 Å². The van der Waals surface area contributed by atoms with Gasteiger partial charge in [0, 0.05) is 26.3 Å². The van der Waals surface area contributed by atoms with Gasteiger partial charge in [-0.25, -0.2) is 4.67 Å². The Labute approximate surface area is 296 Å². The fourth-order valence-electron chi connectivity index (χ4n) is 6.13.